The number of rotatable bonds is 5. The summed E-state index contributed by atoms with van der Waals surface area (Å²) in [4.78, 5) is 30.4. The molecular formula is C24H29N3O2S. The van der Waals surface area contributed by atoms with Crippen LogP contribution in [0.15, 0.2) is 46.3 Å². The molecule has 0 saturated heterocycles. The van der Waals surface area contributed by atoms with Gasteiger partial charge in [0.2, 0.25) is 5.91 Å². The van der Waals surface area contributed by atoms with Gasteiger partial charge >= 0.3 is 0 Å². The first kappa shape index (κ1) is 20.9. The van der Waals surface area contributed by atoms with Gasteiger partial charge in [0.05, 0.1) is 16.7 Å². The minimum absolute atomic E-state index is 0.0152. The molecule has 3 atom stereocenters. The fourth-order valence-corrected chi connectivity index (χ4v) is 5.32. The van der Waals surface area contributed by atoms with Crippen LogP contribution in [0.1, 0.15) is 40.0 Å². The van der Waals surface area contributed by atoms with Crippen LogP contribution in [0.5, 0.6) is 0 Å². The third-order valence-corrected chi connectivity index (χ3v) is 7.46. The summed E-state index contributed by atoms with van der Waals surface area (Å²) in [6.45, 7) is 6.95. The molecule has 1 heterocycles. The van der Waals surface area contributed by atoms with E-state index in [-0.39, 0.29) is 23.3 Å². The van der Waals surface area contributed by atoms with Crippen molar-refractivity contribution in [3.63, 3.8) is 0 Å². The highest BCUT2D eigenvalue weighted by molar-refractivity contribution is 7.99. The summed E-state index contributed by atoms with van der Waals surface area (Å²) in [6, 6.07) is 12.1. The van der Waals surface area contributed by atoms with Gasteiger partial charge in [0.25, 0.3) is 5.56 Å². The molecule has 2 aromatic carbocycles. The lowest BCUT2D eigenvalue weighted by atomic mass is 9.78. The highest BCUT2D eigenvalue weighted by atomic mass is 32.2. The van der Waals surface area contributed by atoms with E-state index in [0.717, 1.165) is 17.2 Å². The number of carbonyl (C=O) groups is 1. The summed E-state index contributed by atoms with van der Waals surface area (Å²) >= 11 is 1.34. The predicted molar refractivity (Wildman–Crippen MR) is 124 cm³/mol. The quantitative estimate of drug-likeness (QED) is 0.370. The summed E-state index contributed by atoms with van der Waals surface area (Å²) in [5.41, 5.74) is 0.631. The van der Waals surface area contributed by atoms with Crippen molar-refractivity contribution in [3.8, 4) is 0 Å². The number of nitrogens with one attached hydrogen (secondary N) is 1. The second kappa shape index (κ2) is 8.80. The summed E-state index contributed by atoms with van der Waals surface area (Å²) < 4.78 is 1.67. The van der Waals surface area contributed by atoms with Crippen molar-refractivity contribution < 1.29 is 4.79 Å². The van der Waals surface area contributed by atoms with E-state index >= 15 is 0 Å². The maximum Gasteiger partial charge on any atom is 0.262 e. The number of benzene rings is 2. The van der Waals surface area contributed by atoms with E-state index in [1.165, 1.54) is 24.6 Å². The van der Waals surface area contributed by atoms with Crippen LogP contribution >= 0.6 is 11.8 Å². The molecule has 0 bridgehead atoms. The molecule has 1 N–H and O–H groups in total. The topological polar surface area (TPSA) is 64.0 Å². The first-order valence-electron chi connectivity index (χ1n) is 10.8. The largest absolute Gasteiger partial charge is 0.352 e. The van der Waals surface area contributed by atoms with Crippen molar-refractivity contribution in [3.05, 3.63) is 46.8 Å². The van der Waals surface area contributed by atoms with E-state index < -0.39 is 0 Å². The number of hydrogen-bond donors (Lipinski definition) is 1. The van der Waals surface area contributed by atoms with Crippen molar-refractivity contribution >= 4 is 39.3 Å². The zero-order chi connectivity index (χ0) is 21.3. The molecule has 4 rings (SSSR count). The van der Waals surface area contributed by atoms with Crippen molar-refractivity contribution in [2.75, 3.05) is 5.75 Å². The Kier molecular flexibility index (Phi) is 6.14. The van der Waals surface area contributed by atoms with Crippen LogP contribution in [-0.4, -0.2) is 27.3 Å². The maximum atomic E-state index is 13.1. The Balaban J connectivity index is 1.56. The number of amides is 1. The number of thioether (sulfide) groups is 1. The molecule has 0 spiro atoms. The number of nitrogens with zero attached hydrogens (tertiary/aromatic N) is 2. The summed E-state index contributed by atoms with van der Waals surface area (Å²) in [5.74, 6) is 1.41. The molecule has 1 aliphatic rings. The van der Waals surface area contributed by atoms with E-state index in [0.29, 0.717) is 34.4 Å². The highest BCUT2D eigenvalue weighted by Gasteiger charge is 2.28. The number of aromatic nitrogens is 2. The summed E-state index contributed by atoms with van der Waals surface area (Å²) in [7, 11) is 0. The Morgan fingerprint density at radius 1 is 1.20 bits per heavy atom. The predicted octanol–water partition coefficient (Wildman–Crippen LogP) is 4.60. The maximum absolute atomic E-state index is 13.1. The van der Waals surface area contributed by atoms with Crippen molar-refractivity contribution in [1.82, 2.24) is 14.9 Å². The molecule has 0 aliphatic heterocycles. The number of fused-ring (bicyclic) bond motifs is 2. The molecule has 0 radical (unpaired) electrons. The molecule has 1 fully saturated rings. The lowest BCUT2D eigenvalue weighted by molar-refractivity contribution is -0.120. The van der Waals surface area contributed by atoms with Crippen molar-refractivity contribution in [2.45, 2.75) is 57.8 Å². The van der Waals surface area contributed by atoms with Crippen LogP contribution in [0, 0.1) is 11.8 Å². The van der Waals surface area contributed by atoms with Gasteiger partial charge < -0.3 is 5.32 Å². The molecule has 1 aromatic heterocycles. The number of hydrogen-bond acceptors (Lipinski definition) is 4. The molecule has 3 aromatic rings. The van der Waals surface area contributed by atoms with Gasteiger partial charge in [-0.2, -0.15) is 0 Å². The Bertz CT molecular complexity index is 1140. The standard InChI is InChI=1S/C24H29N3O2S/c1-4-27-23(29)19-12-17-9-5-6-10-18(17)13-21(19)26-24(27)30-14-22(28)25-20-11-7-8-15(2)16(20)3/h5-6,9-10,12-13,15-16,20H,4,7-8,11,14H2,1-3H3,(H,25,28)/t15-,16-,20-/m0/s1. The van der Waals surface area contributed by atoms with E-state index in [4.69, 9.17) is 4.98 Å². The Hall–Kier alpha value is -2.34. The summed E-state index contributed by atoms with van der Waals surface area (Å²) in [6.07, 6.45) is 3.45. The monoisotopic (exact) mass is 423 g/mol. The lowest BCUT2D eigenvalue weighted by Crippen LogP contribution is -2.44. The van der Waals surface area contributed by atoms with Crippen LogP contribution in [0.4, 0.5) is 0 Å². The van der Waals surface area contributed by atoms with Gasteiger partial charge in [0.15, 0.2) is 5.16 Å². The lowest BCUT2D eigenvalue weighted by Gasteiger charge is -2.34. The van der Waals surface area contributed by atoms with Crippen LogP contribution in [0.2, 0.25) is 0 Å². The van der Waals surface area contributed by atoms with Crippen molar-refractivity contribution in [2.24, 2.45) is 11.8 Å². The van der Waals surface area contributed by atoms with E-state index in [1.807, 2.05) is 43.3 Å². The van der Waals surface area contributed by atoms with E-state index in [1.54, 1.807) is 4.57 Å². The third-order valence-electron chi connectivity index (χ3n) is 6.49. The average molecular weight is 424 g/mol. The molecule has 6 heteroatoms. The Labute approximate surface area is 181 Å². The number of carbonyl (C=O) groups excluding carboxylic acids is 1. The fraction of sp³-hybridized carbons (Fsp3) is 0.458. The van der Waals surface area contributed by atoms with Crippen LogP contribution in [0.25, 0.3) is 21.7 Å². The van der Waals surface area contributed by atoms with Gasteiger partial charge in [-0.1, -0.05) is 62.7 Å². The van der Waals surface area contributed by atoms with E-state index in [9.17, 15) is 9.59 Å². The smallest absolute Gasteiger partial charge is 0.262 e. The molecule has 158 valence electrons. The van der Waals surface area contributed by atoms with Gasteiger partial charge in [-0.25, -0.2) is 4.98 Å². The van der Waals surface area contributed by atoms with Gasteiger partial charge in [-0.3, -0.25) is 14.2 Å². The van der Waals surface area contributed by atoms with Crippen LogP contribution in [-0.2, 0) is 11.3 Å². The zero-order valence-corrected chi connectivity index (χ0v) is 18.7. The van der Waals surface area contributed by atoms with Gasteiger partial charge in [0, 0.05) is 12.6 Å². The fourth-order valence-electron chi connectivity index (χ4n) is 4.44. The summed E-state index contributed by atoms with van der Waals surface area (Å²) in [5, 5.41) is 6.52. The van der Waals surface area contributed by atoms with Gasteiger partial charge in [0.1, 0.15) is 0 Å². The van der Waals surface area contributed by atoms with Crippen LogP contribution in [0.3, 0.4) is 0 Å². The second-order valence-electron chi connectivity index (χ2n) is 8.39. The Morgan fingerprint density at radius 3 is 2.67 bits per heavy atom. The van der Waals surface area contributed by atoms with Crippen molar-refractivity contribution in [1.29, 1.82) is 0 Å². The molecule has 1 amide bonds. The second-order valence-corrected chi connectivity index (χ2v) is 9.33. The SMILES string of the molecule is CCn1c(SCC(=O)N[C@H]2CCC[C@H](C)[C@@H]2C)nc2cc3ccccc3cc2c1=O. The van der Waals surface area contributed by atoms with Gasteiger partial charge in [-0.05, 0) is 48.1 Å². The highest BCUT2D eigenvalue weighted by Crippen LogP contribution is 2.29. The minimum Gasteiger partial charge on any atom is -0.352 e. The molecular weight excluding hydrogens is 394 g/mol. The normalized spacial score (nSPS) is 21.8. The first-order chi connectivity index (χ1) is 14.5. The average Bonchev–Trinajstić information content (AvgIpc) is 2.74. The molecule has 1 aliphatic carbocycles. The Morgan fingerprint density at radius 2 is 1.93 bits per heavy atom. The molecule has 1 saturated carbocycles. The molecule has 30 heavy (non-hydrogen) atoms. The molecule has 0 unspecified atom stereocenters. The van der Waals surface area contributed by atoms with Gasteiger partial charge in [-0.15, -0.1) is 0 Å². The zero-order valence-electron chi connectivity index (χ0n) is 17.9. The van der Waals surface area contributed by atoms with E-state index in [2.05, 4.69) is 19.2 Å². The first-order valence-corrected chi connectivity index (χ1v) is 11.8. The molecule has 5 nitrogen and oxygen atoms in total. The third kappa shape index (κ3) is 4.10. The minimum atomic E-state index is -0.0501. The van der Waals surface area contributed by atoms with Crippen LogP contribution < -0.4 is 10.9 Å².